The van der Waals surface area contributed by atoms with Crippen LogP contribution in [-0.2, 0) is 4.79 Å². The fraction of sp³-hybridized carbons (Fsp3) is 0.125. The lowest BCUT2D eigenvalue weighted by Gasteiger charge is -2.08. The zero-order valence-electron chi connectivity index (χ0n) is 12.1. The maximum absolute atomic E-state index is 11.2. The van der Waals surface area contributed by atoms with E-state index in [2.05, 4.69) is 20.9 Å². The van der Waals surface area contributed by atoms with Crippen LogP contribution in [0.1, 0.15) is 13.3 Å². The van der Waals surface area contributed by atoms with Crippen molar-refractivity contribution in [3.8, 4) is 0 Å². The van der Waals surface area contributed by atoms with E-state index in [1.165, 1.54) is 0 Å². The van der Waals surface area contributed by atoms with Crippen LogP contribution in [0.2, 0.25) is 0 Å². The molecule has 5 nitrogen and oxygen atoms in total. The van der Waals surface area contributed by atoms with E-state index in [-0.39, 0.29) is 11.0 Å². The molecule has 0 saturated carbocycles. The lowest BCUT2D eigenvalue weighted by atomic mass is 10.3. The third kappa shape index (κ3) is 5.06. The minimum atomic E-state index is -0.120. The molecule has 0 atom stereocenters. The third-order valence-corrected chi connectivity index (χ3v) is 2.94. The van der Waals surface area contributed by atoms with Crippen molar-refractivity contribution in [2.24, 2.45) is 10.2 Å². The fourth-order valence-corrected chi connectivity index (χ4v) is 1.83. The lowest BCUT2D eigenvalue weighted by Crippen LogP contribution is -2.33. The molecule has 112 valence electrons. The standard InChI is InChI=1S/C16H16N4OS/c1-2-15(21)18-16(22)17-12-8-10-14(11-9-12)20-19-13-6-4-3-5-7-13/h3-11H,2H2,1H3,(H2,17,18,21,22). The first-order valence-electron chi connectivity index (χ1n) is 6.85. The van der Waals surface area contributed by atoms with Gasteiger partial charge in [-0.1, -0.05) is 25.1 Å². The highest BCUT2D eigenvalue weighted by Crippen LogP contribution is 2.19. The van der Waals surface area contributed by atoms with Gasteiger partial charge in [0.15, 0.2) is 5.11 Å². The molecule has 0 bridgehead atoms. The number of benzene rings is 2. The molecule has 0 spiro atoms. The van der Waals surface area contributed by atoms with E-state index in [1.807, 2.05) is 54.6 Å². The van der Waals surface area contributed by atoms with Crippen molar-refractivity contribution in [3.05, 3.63) is 54.6 Å². The van der Waals surface area contributed by atoms with Gasteiger partial charge in [0.25, 0.3) is 0 Å². The minimum Gasteiger partial charge on any atom is -0.332 e. The van der Waals surface area contributed by atoms with Crippen molar-refractivity contribution < 1.29 is 4.79 Å². The van der Waals surface area contributed by atoms with Gasteiger partial charge in [-0.25, -0.2) is 0 Å². The number of nitrogens with one attached hydrogen (secondary N) is 2. The number of thiocarbonyl (C=S) groups is 1. The number of hydrogen-bond acceptors (Lipinski definition) is 4. The molecule has 2 aromatic carbocycles. The molecule has 2 aromatic rings. The average Bonchev–Trinajstić information content (AvgIpc) is 2.55. The summed E-state index contributed by atoms with van der Waals surface area (Å²) in [5.41, 5.74) is 2.31. The zero-order chi connectivity index (χ0) is 15.8. The van der Waals surface area contributed by atoms with E-state index in [9.17, 15) is 4.79 Å². The smallest absolute Gasteiger partial charge is 0.225 e. The number of carbonyl (C=O) groups excluding carboxylic acids is 1. The minimum absolute atomic E-state index is 0.120. The first kappa shape index (κ1) is 15.8. The van der Waals surface area contributed by atoms with Gasteiger partial charge in [0.2, 0.25) is 5.91 Å². The van der Waals surface area contributed by atoms with E-state index in [0.29, 0.717) is 6.42 Å². The van der Waals surface area contributed by atoms with Crippen LogP contribution in [0.4, 0.5) is 17.1 Å². The molecule has 2 N–H and O–H groups in total. The van der Waals surface area contributed by atoms with E-state index in [4.69, 9.17) is 12.2 Å². The number of carbonyl (C=O) groups is 1. The second-order valence-corrected chi connectivity index (χ2v) is 4.85. The average molecular weight is 312 g/mol. The number of rotatable bonds is 4. The van der Waals surface area contributed by atoms with Gasteiger partial charge in [-0.05, 0) is 48.6 Å². The Morgan fingerprint density at radius 3 is 2.18 bits per heavy atom. The van der Waals surface area contributed by atoms with Crippen molar-refractivity contribution in [1.29, 1.82) is 0 Å². The SMILES string of the molecule is CCC(=O)NC(=S)Nc1ccc(N=Nc2ccccc2)cc1. The Bertz CT molecular complexity index is 668. The predicted molar refractivity (Wildman–Crippen MR) is 91.7 cm³/mol. The molecule has 1 amide bonds. The molecule has 0 unspecified atom stereocenters. The van der Waals surface area contributed by atoms with Gasteiger partial charge in [0.05, 0.1) is 11.4 Å². The van der Waals surface area contributed by atoms with Crippen LogP contribution in [-0.4, -0.2) is 11.0 Å². The van der Waals surface area contributed by atoms with Gasteiger partial charge in [-0.15, -0.1) is 0 Å². The van der Waals surface area contributed by atoms with Crippen LogP contribution >= 0.6 is 12.2 Å². The Balaban J connectivity index is 1.94. The van der Waals surface area contributed by atoms with Crippen molar-refractivity contribution in [1.82, 2.24) is 5.32 Å². The molecular formula is C16H16N4OS. The van der Waals surface area contributed by atoms with Crippen LogP contribution in [0.3, 0.4) is 0 Å². The third-order valence-electron chi connectivity index (χ3n) is 2.74. The summed E-state index contributed by atoms with van der Waals surface area (Å²) in [5.74, 6) is -0.120. The van der Waals surface area contributed by atoms with Crippen LogP contribution in [0.5, 0.6) is 0 Å². The summed E-state index contributed by atoms with van der Waals surface area (Å²) < 4.78 is 0. The van der Waals surface area contributed by atoms with E-state index in [0.717, 1.165) is 17.1 Å². The van der Waals surface area contributed by atoms with E-state index >= 15 is 0 Å². The molecule has 0 radical (unpaired) electrons. The van der Waals surface area contributed by atoms with Crippen molar-refractivity contribution >= 4 is 40.3 Å². The normalized spacial score (nSPS) is 10.4. The van der Waals surface area contributed by atoms with Crippen LogP contribution < -0.4 is 10.6 Å². The number of nitrogens with zero attached hydrogens (tertiary/aromatic N) is 2. The van der Waals surface area contributed by atoms with Gasteiger partial charge in [0, 0.05) is 12.1 Å². The predicted octanol–water partition coefficient (Wildman–Crippen LogP) is 4.33. The summed E-state index contributed by atoms with van der Waals surface area (Å²) in [4.78, 5) is 11.2. The van der Waals surface area contributed by atoms with Gasteiger partial charge in [-0.3, -0.25) is 4.79 Å². The first-order chi connectivity index (χ1) is 10.7. The molecule has 22 heavy (non-hydrogen) atoms. The van der Waals surface area contributed by atoms with Gasteiger partial charge in [0.1, 0.15) is 0 Å². The van der Waals surface area contributed by atoms with Crippen molar-refractivity contribution in [2.75, 3.05) is 5.32 Å². The topological polar surface area (TPSA) is 65.8 Å². The summed E-state index contributed by atoms with van der Waals surface area (Å²) in [6, 6.07) is 16.8. The molecule has 6 heteroatoms. The zero-order valence-corrected chi connectivity index (χ0v) is 12.9. The largest absolute Gasteiger partial charge is 0.332 e. The maximum Gasteiger partial charge on any atom is 0.225 e. The van der Waals surface area contributed by atoms with E-state index in [1.54, 1.807) is 6.92 Å². The summed E-state index contributed by atoms with van der Waals surface area (Å²) in [6.45, 7) is 1.77. The molecular weight excluding hydrogens is 296 g/mol. The lowest BCUT2D eigenvalue weighted by molar-refractivity contribution is -0.119. The van der Waals surface area contributed by atoms with Crippen LogP contribution in [0, 0.1) is 0 Å². The molecule has 0 aromatic heterocycles. The molecule has 0 aliphatic heterocycles. The van der Waals surface area contributed by atoms with Gasteiger partial charge < -0.3 is 10.6 Å². The van der Waals surface area contributed by atoms with Crippen LogP contribution in [0.25, 0.3) is 0 Å². The van der Waals surface area contributed by atoms with Crippen molar-refractivity contribution in [2.45, 2.75) is 13.3 Å². The Morgan fingerprint density at radius 1 is 1.00 bits per heavy atom. The summed E-state index contributed by atoms with van der Waals surface area (Å²) in [7, 11) is 0. The highest BCUT2D eigenvalue weighted by molar-refractivity contribution is 7.80. The van der Waals surface area contributed by atoms with E-state index < -0.39 is 0 Å². The monoisotopic (exact) mass is 312 g/mol. The quantitative estimate of drug-likeness (QED) is 0.652. The highest BCUT2D eigenvalue weighted by atomic mass is 32.1. The van der Waals surface area contributed by atoms with Crippen LogP contribution in [0.15, 0.2) is 64.8 Å². The number of azo groups is 1. The van der Waals surface area contributed by atoms with Gasteiger partial charge in [-0.2, -0.15) is 10.2 Å². The Labute approximate surface area is 134 Å². The first-order valence-corrected chi connectivity index (χ1v) is 7.26. The molecule has 0 aliphatic carbocycles. The Kier molecular flexibility index (Phi) is 5.73. The number of anilines is 1. The molecule has 0 aliphatic rings. The Morgan fingerprint density at radius 2 is 1.59 bits per heavy atom. The summed E-state index contributed by atoms with van der Waals surface area (Å²) in [5, 5.41) is 14.1. The fourth-order valence-electron chi connectivity index (χ4n) is 1.60. The maximum atomic E-state index is 11.2. The number of hydrogen-bond donors (Lipinski definition) is 2. The Hall–Kier alpha value is -2.60. The number of amides is 1. The summed E-state index contributed by atoms with van der Waals surface area (Å²) >= 11 is 5.04. The van der Waals surface area contributed by atoms with Gasteiger partial charge >= 0.3 is 0 Å². The second kappa shape index (κ2) is 7.99. The molecule has 2 rings (SSSR count). The molecule has 0 fully saturated rings. The second-order valence-electron chi connectivity index (χ2n) is 4.44. The molecule has 0 saturated heterocycles. The highest BCUT2D eigenvalue weighted by Gasteiger charge is 2.02. The molecule has 0 heterocycles. The summed E-state index contributed by atoms with van der Waals surface area (Å²) in [6.07, 6.45) is 0.390. The van der Waals surface area contributed by atoms with Crippen molar-refractivity contribution in [3.63, 3.8) is 0 Å².